The molecule has 2 heterocycles. The molecule has 0 radical (unpaired) electrons. The second kappa shape index (κ2) is 4.51. The quantitative estimate of drug-likeness (QED) is 0.792. The standard InChI is InChI=1S/C11H21N5/c1-11(2)5-4-10(7-13-11)16-8-9(6-12-3)14-15-16/h8,10,12-13H,4-7H2,1-3H3. The molecule has 16 heavy (non-hydrogen) atoms. The van der Waals surface area contributed by atoms with Crippen molar-refractivity contribution in [2.75, 3.05) is 13.6 Å². The van der Waals surface area contributed by atoms with E-state index in [-0.39, 0.29) is 5.54 Å². The van der Waals surface area contributed by atoms with Crippen LogP contribution in [0.2, 0.25) is 0 Å². The molecule has 1 aliphatic rings. The van der Waals surface area contributed by atoms with Crippen molar-refractivity contribution in [1.29, 1.82) is 0 Å². The van der Waals surface area contributed by atoms with Crippen LogP contribution in [0.4, 0.5) is 0 Å². The molecule has 5 heteroatoms. The Labute approximate surface area is 96.6 Å². The molecular weight excluding hydrogens is 202 g/mol. The Bertz CT molecular complexity index is 334. The fraction of sp³-hybridized carbons (Fsp3) is 0.818. The monoisotopic (exact) mass is 223 g/mol. The van der Waals surface area contributed by atoms with E-state index in [1.54, 1.807) is 0 Å². The molecule has 0 aromatic carbocycles. The summed E-state index contributed by atoms with van der Waals surface area (Å²) >= 11 is 0. The summed E-state index contributed by atoms with van der Waals surface area (Å²) < 4.78 is 1.99. The van der Waals surface area contributed by atoms with Crippen LogP contribution in [-0.2, 0) is 6.54 Å². The summed E-state index contributed by atoms with van der Waals surface area (Å²) in [6, 6.07) is 0.450. The lowest BCUT2D eigenvalue weighted by molar-refractivity contribution is 0.230. The molecule has 2 rings (SSSR count). The SMILES string of the molecule is CNCc1cn(C2CCC(C)(C)NC2)nn1. The van der Waals surface area contributed by atoms with Gasteiger partial charge in [0.05, 0.1) is 17.9 Å². The van der Waals surface area contributed by atoms with Gasteiger partial charge < -0.3 is 10.6 Å². The normalized spacial score (nSPS) is 24.6. The molecular formula is C11H21N5. The van der Waals surface area contributed by atoms with Gasteiger partial charge in [-0.3, -0.25) is 0 Å². The van der Waals surface area contributed by atoms with Gasteiger partial charge in [-0.05, 0) is 33.7 Å². The van der Waals surface area contributed by atoms with Gasteiger partial charge in [-0.1, -0.05) is 5.21 Å². The van der Waals surface area contributed by atoms with Crippen LogP contribution in [-0.4, -0.2) is 34.1 Å². The van der Waals surface area contributed by atoms with Gasteiger partial charge in [-0.25, -0.2) is 4.68 Å². The van der Waals surface area contributed by atoms with Gasteiger partial charge in [-0.15, -0.1) is 5.10 Å². The van der Waals surface area contributed by atoms with Crippen LogP contribution in [0.25, 0.3) is 0 Å². The van der Waals surface area contributed by atoms with Crippen molar-refractivity contribution < 1.29 is 0 Å². The van der Waals surface area contributed by atoms with E-state index in [1.807, 2.05) is 17.9 Å². The van der Waals surface area contributed by atoms with Crippen LogP contribution < -0.4 is 10.6 Å². The molecule has 0 amide bonds. The van der Waals surface area contributed by atoms with E-state index in [0.29, 0.717) is 6.04 Å². The highest BCUT2D eigenvalue weighted by atomic mass is 15.4. The van der Waals surface area contributed by atoms with Gasteiger partial charge in [0.2, 0.25) is 0 Å². The fourth-order valence-electron chi connectivity index (χ4n) is 2.09. The molecule has 1 unspecified atom stereocenters. The lowest BCUT2D eigenvalue weighted by Crippen LogP contribution is -2.47. The molecule has 0 aliphatic carbocycles. The molecule has 90 valence electrons. The predicted molar refractivity (Wildman–Crippen MR) is 63.1 cm³/mol. The molecule has 0 spiro atoms. The molecule has 2 N–H and O–H groups in total. The van der Waals surface area contributed by atoms with E-state index in [2.05, 4.69) is 34.8 Å². The molecule has 1 atom stereocenters. The maximum atomic E-state index is 4.19. The summed E-state index contributed by atoms with van der Waals surface area (Å²) in [5.41, 5.74) is 1.28. The largest absolute Gasteiger partial charge is 0.314 e. The van der Waals surface area contributed by atoms with Crippen molar-refractivity contribution in [1.82, 2.24) is 25.6 Å². The topological polar surface area (TPSA) is 54.8 Å². The van der Waals surface area contributed by atoms with Gasteiger partial charge >= 0.3 is 0 Å². The van der Waals surface area contributed by atoms with Crippen LogP contribution >= 0.6 is 0 Å². The van der Waals surface area contributed by atoms with Crippen molar-refractivity contribution in [2.24, 2.45) is 0 Å². The third-order valence-electron chi connectivity index (χ3n) is 3.21. The van der Waals surface area contributed by atoms with Crippen molar-refractivity contribution in [2.45, 2.75) is 44.8 Å². The zero-order chi connectivity index (χ0) is 11.6. The Morgan fingerprint density at radius 3 is 3.06 bits per heavy atom. The van der Waals surface area contributed by atoms with E-state index in [9.17, 15) is 0 Å². The second-order valence-corrected chi connectivity index (χ2v) is 5.18. The van der Waals surface area contributed by atoms with Crippen molar-refractivity contribution in [3.05, 3.63) is 11.9 Å². The summed E-state index contributed by atoms with van der Waals surface area (Å²) in [4.78, 5) is 0. The van der Waals surface area contributed by atoms with E-state index < -0.39 is 0 Å². The smallest absolute Gasteiger partial charge is 0.0964 e. The maximum absolute atomic E-state index is 4.19. The molecule has 0 saturated carbocycles. The number of aromatic nitrogens is 3. The number of nitrogens with zero attached hydrogens (tertiary/aromatic N) is 3. The highest BCUT2D eigenvalue weighted by Crippen LogP contribution is 2.24. The van der Waals surface area contributed by atoms with Crippen LogP contribution in [0.15, 0.2) is 6.20 Å². The Morgan fingerprint density at radius 2 is 2.44 bits per heavy atom. The van der Waals surface area contributed by atoms with Gasteiger partial charge in [0.25, 0.3) is 0 Å². The Hall–Kier alpha value is -0.940. The van der Waals surface area contributed by atoms with Crippen molar-refractivity contribution in [3.63, 3.8) is 0 Å². The number of rotatable bonds is 3. The minimum Gasteiger partial charge on any atom is -0.314 e. The number of nitrogens with one attached hydrogen (secondary N) is 2. The third-order valence-corrected chi connectivity index (χ3v) is 3.21. The van der Waals surface area contributed by atoms with Crippen LogP contribution in [0.3, 0.4) is 0 Å². The van der Waals surface area contributed by atoms with E-state index in [0.717, 1.165) is 18.8 Å². The van der Waals surface area contributed by atoms with Gasteiger partial charge in [0, 0.05) is 18.6 Å². The van der Waals surface area contributed by atoms with Crippen LogP contribution in [0.5, 0.6) is 0 Å². The maximum Gasteiger partial charge on any atom is 0.0964 e. The predicted octanol–water partition coefficient (Wildman–Crippen LogP) is 0.701. The summed E-state index contributed by atoms with van der Waals surface area (Å²) in [6.45, 7) is 6.26. The Kier molecular flexibility index (Phi) is 3.25. The average molecular weight is 223 g/mol. The van der Waals surface area contributed by atoms with Gasteiger partial charge in [0.1, 0.15) is 0 Å². The molecule has 1 aromatic rings. The molecule has 1 aromatic heterocycles. The van der Waals surface area contributed by atoms with Crippen LogP contribution in [0.1, 0.15) is 38.4 Å². The Balaban J connectivity index is 1.97. The number of hydrogen-bond donors (Lipinski definition) is 2. The third kappa shape index (κ3) is 2.59. The Morgan fingerprint density at radius 1 is 1.62 bits per heavy atom. The zero-order valence-corrected chi connectivity index (χ0v) is 10.3. The fourth-order valence-corrected chi connectivity index (χ4v) is 2.09. The van der Waals surface area contributed by atoms with E-state index in [1.165, 1.54) is 12.8 Å². The average Bonchev–Trinajstić information content (AvgIpc) is 2.67. The lowest BCUT2D eigenvalue weighted by Gasteiger charge is -2.35. The van der Waals surface area contributed by atoms with Gasteiger partial charge in [-0.2, -0.15) is 0 Å². The van der Waals surface area contributed by atoms with Crippen molar-refractivity contribution in [3.8, 4) is 0 Å². The van der Waals surface area contributed by atoms with Crippen LogP contribution in [0, 0.1) is 0 Å². The molecule has 5 nitrogen and oxygen atoms in total. The first-order valence-electron chi connectivity index (χ1n) is 5.91. The van der Waals surface area contributed by atoms with Gasteiger partial charge in [0.15, 0.2) is 0 Å². The number of hydrogen-bond acceptors (Lipinski definition) is 4. The van der Waals surface area contributed by atoms with E-state index in [4.69, 9.17) is 0 Å². The van der Waals surface area contributed by atoms with E-state index >= 15 is 0 Å². The first-order valence-corrected chi connectivity index (χ1v) is 5.91. The summed E-state index contributed by atoms with van der Waals surface area (Å²) in [5.74, 6) is 0. The number of piperidine rings is 1. The molecule has 1 fully saturated rings. The summed E-state index contributed by atoms with van der Waals surface area (Å²) in [7, 11) is 1.92. The summed E-state index contributed by atoms with van der Waals surface area (Å²) in [6.07, 6.45) is 4.39. The molecule has 0 bridgehead atoms. The zero-order valence-electron chi connectivity index (χ0n) is 10.3. The summed E-state index contributed by atoms with van der Waals surface area (Å²) in [5, 5.41) is 15.0. The first kappa shape index (κ1) is 11.5. The highest BCUT2D eigenvalue weighted by molar-refractivity contribution is 4.95. The minimum absolute atomic E-state index is 0.269. The lowest BCUT2D eigenvalue weighted by atomic mass is 9.91. The van der Waals surface area contributed by atoms with Crippen molar-refractivity contribution >= 4 is 0 Å². The second-order valence-electron chi connectivity index (χ2n) is 5.18. The first-order chi connectivity index (χ1) is 7.61. The molecule has 1 aliphatic heterocycles. The highest BCUT2D eigenvalue weighted by Gasteiger charge is 2.27. The molecule has 1 saturated heterocycles. The minimum atomic E-state index is 0.269.